The predicted molar refractivity (Wildman–Crippen MR) is 90.3 cm³/mol. The number of rotatable bonds is 2. The number of hydrogen-bond donors (Lipinski definition) is 1. The van der Waals surface area contributed by atoms with Gasteiger partial charge in [0.25, 0.3) is 5.91 Å². The lowest BCUT2D eigenvalue weighted by Crippen LogP contribution is -2.38. The van der Waals surface area contributed by atoms with Gasteiger partial charge in [0.05, 0.1) is 11.0 Å². The molecule has 1 saturated heterocycles. The van der Waals surface area contributed by atoms with E-state index in [0.717, 1.165) is 24.2 Å². The SMILES string of the molecule is O=C(c1ccc(F)cc1)N1CCC(c2nc3ccc(F)cc3[nH]2)CC1. The van der Waals surface area contributed by atoms with Crippen LogP contribution < -0.4 is 0 Å². The highest BCUT2D eigenvalue weighted by Gasteiger charge is 2.26. The highest BCUT2D eigenvalue weighted by atomic mass is 19.1. The summed E-state index contributed by atoms with van der Waals surface area (Å²) in [5, 5.41) is 0. The van der Waals surface area contributed by atoms with Crippen LogP contribution in [-0.4, -0.2) is 33.9 Å². The molecule has 3 aromatic rings. The quantitative estimate of drug-likeness (QED) is 0.769. The second kappa shape index (κ2) is 6.27. The molecule has 0 spiro atoms. The molecule has 1 aromatic heterocycles. The first-order valence-corrected chi connectivity index (χ1v) is 8.30. The van der Waals surface area contributed by atoms with Gasteiger partial charge in [-0.3, -0.25) is 4.79 Å². The summed E-state index contributed by atoms with van der Waals surface area (Å²) in [4.78, 5) is 22.0. The molecule has 25 heavy (non-hydrogen) atoms. The average Bonchev–Trinajstić information content (AvgIpc) is 3.05. The lowest BCUT2D eigenvalue weighted by Gasteiger charge is -2.31. The van der Waals surface area contributed by atoms with Crippen LogP contribution in [0.5, 0.6) is 0 Å². The minimum atomic E-state index is -0.350. The maximum Gasteiger partial charge on any atom is 0.253 e. The van der Waals surface area contributed by atoms with E-state index < -0.39 is 0 Å². The Bertz CT molecular complexity index is 912. The Labute approximate surface area is 143 Å². The number of aromatic nitrogens is 2. The molecular weight excluding hydrogens is 324 g/mol. The second-order valence-corrected chi connectivity index (χ2v) is 6.36. The van der Waals surface area contributed by atoms with Gasteiger partial charge in [-0.1, -0.05) is 0 Å². The van der Waals surface area contributed by atoms with E-state index in [1.165, 1.54) is 36.4 Å². The molecule has 0 aliphatic carbocycles. The van der Waals surface area contributed by atoms with Crippen molar-refractivity contribution in [1.82, 2.24) is 14.9 Å². The van der Waals surface area contributed by atoms with Crippen LogP contribution in [0.25, 0.3) is 11.0 Å². The zero-order chi connectivity index (χ0) is 17.4. The summed E-state index contributed by atoms with van der Waals surface area (Å²) in [7, 11) is 0. The largest absolute Gasteiger partial charge is 0.342 e. The second-order valence-electron chi connectivity index (χ2n) is 6.36. The third-order valence-corrected chi connectivity index (χ3v) is 4.72. The number of nitrogens with zero attached hydrogens (tertiary/aromatic N) is 2. The van der Waals surface area contributed by atoms with E-state index in [4.69, 9.17) is 0 Å². The number of halogens is 2. The molecule has 0 saturated carbocycles. The summed E-state index contributed by atoms with van der Waals surface area (Å²) in [5.41, 5.74) is 1.94. The van der Waals surface area contributed by atoms with E-state index in [0.29, 0.717) is 24.2 Å². The molecule has 6 heteroatoms. The number of carbonyl (C=O) groups excluding carboxylic acids is 1. The number of H-pyrrole nitrogens is 1. The minimum absolute atomic E-state index is 0.0786. The molecule has 0 radical (unpaired) electrons. The number of imidazole rings is 1. The van der Waals surface area contributed by atoms with Crippen molar-refractivity contribution in [3.05, 3.63) is 65.5 Å². The predicted octanol–water partition coefficient (Wildman–Crippen LogP) is 3.86. The van der Waals surface area contributed by atoms with E-state index >= 15 is 0 Å². The fraction of sp³-hybridized carbons (Fsp3) is 0.263. The highest BCUT2D eigenvalue weighted by Crippen LogP contribution is 2.28. The van der Waals surface area contributed by atoms with E-state index in [1.54, 1.807) is 11.0 Å². The molecule has 1 amide bonds. The third kappa shape index (κ3) is 3.12. The molecule has 0 unspecified atom stereocenters. The van der Waals surface area contributed by atoms with E-state index in [9.17, 15) is 13.6 Å². The van der Waals surface area contributed by atoms with Crippen molar-refractivity contribution >= 4 is 16.9 Å². The van der Waals surface area contributed by atoms with Crippen molar-refractivity contribution in [2.24, 2.45) is 0 Å². The Morgan fingerprint density at radius 3 is 2.44 bits per heavy atom. The van der Waals surface area contributed by atoms with Gasteiger partial charge in [-0.15, -0.1) is 0 Å². The fourth-order valence-electron chi connectivity index (χ4n) is 3.33. The van der Waals surface area contributed by atoms with Crippen LogP contribution in [0.4, 0.5) is 8.78 Å². The molecule has 4 nitrogen and oxygen atoms in total. The summed E-state index contributed by atoms with van der Waals surface area (Å²) in [6.45, 7) is 1.23. The molecule has 128 valence electrons. The topological polar surface area (TPSA) is 49.0 Å². The van der Waals surface area contributed by atoms with Crippen LogP contribution in [-0.2, 0) is 0 Å². The Hall–Kier alpha value is -2.76. The standard InChI is InChI=1S/C19H17F2N3O/c20-14-3-1-13(2-4-14)19(25)24-9-7-12(8-10-24)18-22-16-6-5-15(21)11-17(16)23-18/h1-6,11-12H,7-10H2,(H,22,23). The Balaban J connectivity index is 1.45. The summed E-state index contributed by atoms with van der Waals surface area (Å²) < 4.78 is 26.3. The molecular formula is C19H17F2N3O. The molecule has 0 atom stereocenters. The first-order chi connectivity index (χ1) is 12.1. The van der Waals surface area contributed by atoms with E-state index in [2.05, 4.69) is 9.97 Å². The van der Waals surface area contributed by atoms with E-state index in [1.807, 2.05) is 0 Å². The molecule has 1 N–H and O–H groups in total. The van der Waals surface area contributed by atoms with Gasteiger partial charge in [-0.25, -0.2) is 13.8 Å². The van der Waals surface area contributed by atoms with Crippen LogP contribution in [0, 0.1) is 11.6 Å². The van der Waals surface area contributed by atoms with Crippen LogP contribution in [0.1, 0.15) is 34.9 Å². The smallest absolute Gasteiger partial charge is 0.253 e. The number of aromatic amines is 1. The maximum absolute atomic E-state index is 13.3. The van der Waals surface area contributed by atoms with Crippen molar-refractivity contribution in [3.8, 4) is 0 Å². The van der Waals surface area contributed by atoms with Crippen LogP contribution in [0.2, 0.25) is 0 Å². The number of fused-ring (bicyclic) bond motifs is 1. The molecule has 1 aliphatic heterocycles. The Morgan fingerprint density at radius 2 is 1.72 bits per heavy atom. The lowest BCUT2D eigenvalue weighted by molar-refractivity contribution is 0.0711. The number of carbonyl (C=O) groups is 1. The van der Waals surface area contributed by atoms with Crippen molar-refractivity contribution < 1.29 is 13.6 Å². The van der Waals surface area contributed by atoms with Gasteiger partial charge >= 0.3 is 0 Å². The van der Waals surface area contributed by atoms with Crippen molar-refractivity contribution in [1.29, 1.82) is 0 Å². The van der Waals surface area contributed by atoms with Crippen molar-refractivity contribution in [2.45, 2.75) is 18.8 Å². The number of nitrogens with one attached hydrogen (secondary N) is 1. The lowest BCUT2D eigenvalue weighted by atomic mass is 9.95. The molecule has 2 aromatic carbocycles. The van der Waals surface area contributed by atoms with Crippen LogP contribution in [0.3, 0.4) is 0 Å². The molecule has 1 aliphatic rings. The summed E-state index contributed by atoms with van der Waals surface area (Å²) in [6, 6.07) is 10.1. The normalized spacial score (nSPS) is 15.7. The number of benzene rings is 2. The number of likely N-dealkylation sites (tertiary alicyclic amines) is 1. The summed E-state index contributed by atoms with van der Waals surface area (Å²) in [5.74, 6) is 0.339. The molecule has 4 rings (SSSR count). The Kier molecular flexibility index (Phi) is 3.95. The fourth-order valence-corrected chi connectivity index (χ4v) is 3.33. The number of piperidine rings is 1. The third-order valence-electron chi connectivity index (χ3n) is 4.72. The van der Waals surface area contributed by atoms with Crippen LogP contribution in [0.15, 0.2) is 42.5 Å². The van der Waals surface area contributed by atoms with Gasteiger partial charge < -0.3 is 9.88 Å². The summed E-state index contributed by atoms with van der Waals surface area (Å²) in [6.07, 6.45) is 1.57. The van der Waals surface area contributed by atoms with Crippen molar-refractivity contribution in [3.63, 3.8) is 0 Å². The molecule has 0 bridgehead atoms. The zero-order valence-corrected chi connectivity index (χ0v) is 13.5. The minimum Gasteiger partial charge on any atom is -0.342 e. The summed E-state index contributed by atoms with van der Waals surface area (Å²) >= 11 is 0. The van der Waals surface area contributed by atoms with Crippen molar-refractivity contribution in [2.75, 3.05) is 13.1 Å². The van der Waals surface area contributed by atoms with Crippen LogP contribution >= 0.6 is 0 Å². The van der Waals surface area contributed by atoms with Gasteiger partial charge in [0.2, 0.25) is 0 Å². The van der Waals surface area contributed by atoms with Gasteiger partial charge in [-0.2, -0.15) is 0 Å². The number of amides is 1. The zero-order valence-electron chi connectivity index (χ0n) is 13.5. The first-order valence-electron chi connectivity index (χ1n) is 8.30. The first kappa shape index (κ1) is 15.7. The van der Waals surface area contributed by atoms with Gasteiger partial charge in [0.15, 0.2) is 0 Å². The monoisotopic (exact) mass is 341 g/mol. The highest BCUT2D eigenvalue weighted by molar-refractivity contribution is 5.94. The maximum atomic E-state index is 13.3. The van der Waals surface area contributed by atoms with Gasteiger partial charge in [0.1, 0.15) is 17.5 Å². The van der Waals surface area contributed by atoms with E-state index in [-0.39, 0.29) is 23.5 Å². The number of hydrogen-bond acceptors (Lipinski definition) is 2. The average molecular weight is 341 g/mol. The molecule has 2 heterocycles. The molecule has 1 fully saturated rings. The van der Waals surface area contributed by atoms with Gasteiger partial charge in [0, 0.05) is 24.6 Å². The van der Waals surface area contributed by atoms with Gasteiger partial charge in [-0.05, 0) is 55.3 Å². The Morgan fingerprint density at radius 1 is 1.04 bits per heavy atom.